The zero-order chi connectivity index (χ0) is 31.9. The van der Waals surface area contributed by atoms with E-state index in [1.54, 1.807) is 76.6 Å². The molecule has 6 aromatic rings. The Hall–Kier alpha value is -4.94. The molecule has 0 N–H and O–H groups in total. The number of amides is 1. The van der Waals surface area contributed by atoms with Gasteiger partial charge in [-0.05, 0) is 83.0 Å². The van der Waals surface area contributed by atoms with Crippen LogP contribution in [0.5, 0.6) is 0 Å². The highest BCUT2D eigenvalue weighted by Crippen LogP contribution is 2.27. The summed E-state index contributed by atoms with van der Waals surface area (Å²) in [7, 11) is 0. The summed E-state index contributed by atoms with van der Waals surface area (Å²) in [5, 5.41) is 4.64. The summed E-state index contributed by atoms with van der Waals surface area (Å²) < 4.78 is 20.3. The molecule has 46 heavy (non-hydrogen) atoms. The zero-order valence-electron chi connectivity index (χ0n) is 24.1. The summed E-state index contributed by atoms with van der Waals surface area (Å²) in [6.07, 6.45) is 6.40. The molecule has 0 unspecified atom stereocenters. The van der Waals surface area contributed by atoms with Crippen LogP contribution in [0.3, 0.4) is 0 Å². The molecule has 10 nitrogen and oxygen atoms in total. The average Bonchev–Trinajstić information content (AvgIpc) is 3.72. The molecule has 1 amide bonds. The highest BCUT2D eigenvalue weighted by atomic mass is 79.9. The Bertz CT molecular complexity index is 2200. The van der Waals surface area contributed by atoms with Crippen LogP contribution in [-0.2, 0) is 19.5 Å². The number of fused-ring (bicyclic) bond motifs is 2. The van der Waals surface area contributed by atoms with Gasteiger partial charge in [-0.1, -0.05) is 11.6 Å². The largest absolute Gasteiger partial charge is 0.333 e. The summed E-state index contributed by atoms with van der Waals surface area (Å²) in [5.74, 6) is -1.14. The number of hydrogen-bond acceptors (Lipinski definition) is 6. The van der Waals surface area contributed by atoms with Gasteiger partial charge in [-0.25, -0.2) is 13.9 Å². The fourth-order valence-corrected chi connectivity index (χ4v) is 6.24. The van der Waals surface area contributed by atoms with Crippen LogP contribution in [0.1, 0.15) is 38.5 Å². The third kappa shape index (κ3) is 5.33. The van der Waals surface area contributed by atoms with Gasteiger partial charge >= 0.3 is 5.69 Å². The molecule has 0 atom stereocenters. The Morgan fingerprint density at radius 3 is 2.50 bits per heavy atom. The highest BCUT2D eigenvalue weighted by molar-refractivity contribution is 9.10. The minimum absolute atomic E-state index is 0.0231. The third-order valence-corrected chi connectivity index (χ3v) is 9.30. The van der Waals surface area contributed by atoms with Crippen molar-refractivity contribution in [2.45, 2.75) is 25.9 Å². The number of aryl methyl sites for hydroxylation is 1. The second-order valence-corrected chi connectivity index (χ2v) is 12.0. The Morgan fingerprint density at radius 1 is 0.957 bits per heavy atom. The second kappa shape index (κ2) is 12.1. The van der Waals surface area contributed by atoms with E-state index in [-0.39, 0.29) is 55.4 Å². The van der Waals surface area contributed by atoms with Gasteiger partial charge in [-0.2, -0.15) is 5.10 Å². The third-order valence-electron chi connectivity index (χ3n) is 8.06. The molecule has 1 aliphatic heterocycles. The SMILES string of the molecule is O=C(CCc1c(F)ccc2nccnc12)c1c2n(c(=O)n1-c1ccc(-n3cccn3)cc1)CCN(C(=O)c1ccc(Br)c(Cl)c1)C2. The zero-order valence-corrected chi connectivity index (χ0v) is 26.4. The minimum Gasteiger partial charge on any atom is -0.331 e. The molecule has 0 spiro atoms. The lowest BCUT2D eigenvalue weighted by Gasteiger charge is -2.28. The number of Topliss-reactive ketones (excluding diaryl/α,β-unsaturated/α-hetero) is 1. The minimum atomic E-state index is -0.490. The van der Waals surface area contributed by atoms with Gasteiger partial charge in [-0.15, -0.1) is 0 Å². The molecule has 7 rings (SSSR count). The van der Waals surface area contributed by atoms with E-state index in [9.17, 15) is 14.4 Å². The maximum atomic E-state index is 15.0. The van der Waals surface area contributed by atoms with Crippen molar-refractivity contribution >= 4 is 50.3 Å². The van der Waals surface area contributed by atoms with Gasteiger partial charge in [0.15, 0.2) is 5.78 Å². The van der Waals surface area contributed by atoms with Gasteiger partial charge < -0.3 is 4.90 Å². The molecule has 230 valence electrons. The summed E-state index contributed by atoms with van der Waals surface area (Å²) in [6, 6.07) is 16.7. The van der Waals surface area contributed by atoms with Crippen LogP contribution in [0.2, 0.25) is 5.02 Å². The first-order chi connectivity index (χ1) is 22.3. The van der Waals surface area contributed by atoms with Crippen molar-refractivity contribution in [3.8, 4) is 11.4 Å². The van der Waals surface area contributed by atoms with Crippen LogP contribution >= 0.6 is 27.5 Å². The topological polar surface area (TPSA) is 108 Å². The van der Waals surface area contributed by atoms with Gasteiger partial charge in [0.2, 0.25) is 0 Å². The van der Waals surface area contributed by atoms with Crippen LogP contribution in [0.15, 0.2) is 94.7 Å². The molecule has 0 bridgehead atoms. The molecular formula is C33H24BrClFN7O3. The normalized spacial score (nSPS) is 12.8. The van der Waals surface area contributed by atoms with Crippen molar-refractivity contribution in [2.24, 2.45) is 0 Å². The number of ketones is 1. The number of carbonyl (C=O) groups excluding carboxylic acids is 2. The summed E-state index contributed by atoms with van der Waals surface area (Å²) in [4.78, 5) is 51.8. The van der Waals surface area contributed by atoms with Gasteiger partial charge in [-0.3, -0.25) is 28.7 Å². The molecule has 4 heterocycles. The lowest BCUT2D eigenvalue weighted by molar-refractivity contribution is 0.0707. The van der Waals surface area contributed by atoms with Crippen LogP contribution in [-0.4, -0.2) is 52.0 Å². The molecule has 0 saturated carbocycles. The smallest absolute Gasteiger partial charge is 0.331 e. The fourth-order valence-electron chi connectivity index (χ4n) is 5.81. The van der Waals surface area contributed by atoms with E-state index in [1.165, 1.54) is 27.6 Å². The number of benzene rings is 3. The van der Waals surface area contributed by atoms with Crippen molar-refractivity contribution < 1.29 is 14.0 Å². The van der Waals surface area contributed by atoms with Crippen molar-refractivity contribution in [3.63, 3.8) is 0 Å². The van der Waals surface area contributed by atoms with E-state index < -0.39 is 11.5 Å². The first-order valence-corrected chi connectivity index (χ1v) is 15.6. The number of carbonyl (C=O) groups is 2. The predicted octanol–water partition coefficient (Wildman–Crippen LogP) is 5.79. The van der Waals surface area contributed by atoms with E-state index in [2.05, 4.69) is 31.0 Å². The van der Waals surface area contributed by atoms with Crippen molar-refractivity contribution in [1.82, 2.24) is 33.8 Å². The molecular weight excluding hydrogens is 677 g/mol. The molecule has 0 fully saturated rings. The van der Waals surface area contributed by atoms with E-state index in [4.69, 9.17) is 11.6 Å². The first-order valence-electron chi connectivity index (χ1n) is 14.4. The fraction of sp³-hybridized carbons (Fsp3) is 0.152. The van der Waals surface area contributed by atoms with E-state index in [0.717, 1.165) is 5.69 Å². The quantitative estimate of drug-likeness (QED) is 0.195. The molecule has 0 aliphatic carbocycles. The predicted molar refractivity (Wildman–Crippen MR) is 173 cm³/mol. The molecule has 1 aliphatic rings. The van der Waals surface area contributed by atoms with E-state index in [0.29, 0.717) is 37.5 Å². The molecule has 13 heteroatoms. The lowest BCUT2D eigenvalue weighted by Crippen LogP contribution is -2.41. The standard InChI is InChI=1S/C33H24BrClFN7O3/c34-24-8-2-20(18-25(24)35)32(45)40-16-17-41-28(19-40)31(29(44)11-7-23-26(36)9-10-27-30(23)38-14-13-37-27)43(33(41)46)22-5-3-21(4-6-22)42-15-1-12-39-42/h1-6,8-10,12-15,18H,7,11,16-17,19H2. The lowest BCUT2D eigenvalue weighted by atomic mass is 10.0. The maximum absolute atomic E-state index is 15.0. The van der Waals surface area contributed by atoms with E-state index in [1.807, 2.05) is 0 Å². The number of rotatable bonds is 7. The van der Waals surface area contributed by atoms with Crippen LogP contribution in [0, 0.1) is 5.82 Å². The average molecular weight is 701 g/mol. The second-order valence-electron chi connectivity index (χ2n) is 10.8. The summed E-state index contributed by atoms with van der Waals surface area (Å²) >= 11 is 9.61. The van der Waals surface area contributed by atoms with Gasteiger partial charge in [0.1, 0.15) is 11.5 Å². The number of nitrogens with zero attached hydrogens (tertiary/aromatic N) is 7. The van der Waals surface area contributed by atoms with Crippen LogP contribution in [0.25, 0.3) is 22.4 Å². The van der Waals surface area contributed by atoms with Crippen molar-refractivity contribution in [2.75, 3.05) is 6.54 Å². The van der Waals surface area contributed by atoms with Gasteiger partial charge in [0.05, 0.1) is 39.7 Å². The Labute approximate surface area is 274 Å². The number of halogens is 3. The first kappa shape index (κ1) is 29.8. The monoisotopic (exact) mass is 699 g/mol. The van der Waals surface area contributed by atoms with Crippen molar-refractivity contribution in [3.05, 3.63) is 134 Å². The van der Waals surface area contributed by atoms with Gasteiger partial charge in [0, 0.05) is 59.9 Å². The molecule has 0 radical (unpaired) electrons. The maximum Gasteiger partial charge on any atom is 0.333 e. The number of imidazole rings is 1. The molecule has 3 aromatic carbocycles. The van der Waals surface area contributed by atoms with Crippen LogP contribution in [0.4, 0.5) is 4.39 Å². The Morgan fingerprint density at radius 2 is 1.74 bits per heavy atom. The number of aromatic nitrogens is 6. The van der Waals surface area contributed by atoms with E-state index >= 15 is 4.39 Å². The Balaban J connectivity index is 1.28. The Kier molecular flexibility index (Phi) is 7.83. The highest BCUT2D eigenvalue weighted by Gasteiger charge is 2.32. The van der Waals surface area contributed by atoms with Gasteiger partial charge in [0.25, 0.3) is 5.91 Å². The van der Waals surface area contributed by atoms with Crippen LogP contribution < -0.4 is 5.69 Å². The van der Waals surface area contributed by atoms with Crippen molar-refractivity contribution in [1.29, 1.82) is 0 Å². The summed E-state index contributed by atoms with van der Waals surface area (Å²) in [6.45, 7) is 0.473. The molecule has 0 saturated heterocycles. The number of hydrogen-bond donors (Lipinski definition) is 0. The molecule has 3 aromatic heterocycles. The summed E-state index contributed by atoms with van der Waals surface area (Å²) in [5.41, 5.74) is 2.97.